The molecule has 154 valence electrons. The molecule has 0 saturated carbocycles. The van der Waals surface area contributed by atoms with Crippen molar-refractivity contribution in [2.45, 2.75) is 39.8 Å². The molecule has 4 heterocycles. The minimum absolute atomic E-state index is 0.0517. The fraction of sp³-hybridized carbons (Fsp3) is 0.348. The van der Waals surface area contributed by atoms with Gasteiger partial charge in [0.2, 0.25) is 0 Å². The summed E-state index contributed by atoms with van der Waals surface area (Å²) in [6.45, 7) is 7.57. The van der Waals surface area contributed by atoms with Crippen molar-refractivity contribution in [3.05, 3.63) is 57.9 Å². The summed E-state index contributed by atoms with van der Waals surface area (Å²) in [6.07, 6.45) is 2.37. The van der Waals surface area contributed by atoms with E-state index in [4.69, 9.17) is 9.84 Å². The fourth-order valence-corrected chi connectivity index (χ4v) is 4.43. The normalized spacial score (nSPS) is 17.1. The third-order valence-corrected chi connectivity index (χ3v) is 6.02. The molecule has 0 spiro atoms. The molecule has 0 unspecified atom stereocenters. The zero-order chi connectivity index (χ0) is 21.2. The molecule has 5 rings (SSSR count). The number of pyridine rings is 1. The first-order valence-corrected chi connectivity index (χ1v) is 10.1. The largest absolute Gasteiger partial charge is 0.492 e. The number of para-hydroxylation sites is 1. The SMILES string of the molecule is CC(C)(C)[C@@H]1Cn2nc(-c3cccc4c3OCC4)cc2-c2cc(=O)c(C(=O)O)cn21. The Balaban J connectivity index is 1.72. The Morgan fingerprint density at radius 1 is 1.23 bits per heavy atom. The highest BCUT2D eigenvalue weighted by molar-refractivity contribution is 5.87. The summed E-state index contributed by atoms with van der Waals surface area (Å²) in [5.74, 6) is -0.335. The first kappa shape index (κ1) is 18.7. The van der Waals surface area contributed by atoms with Crippen LogP contribution < -0.4 is 10.2 Å². The van der Waals surface area contributed by atoms with Crippen LogP contribution in [0.3, 0.4) is 0 Å². The number of aromatic carboxylic acids is 1. The molecule has 0 amide bonds. The molecule has 2 aromatic heterocycles. The molecule has 0 fully saturated rings. The lowest BCUT2D eigenvalue weighted by Crippen LogP contribution is -2.35. The van der Waals surface area contributed by atoms with Gasteiger partial charge in [0.25, 0.3) is 0 Å². The van der Waals surface area contributed by atoms with Gasteiger partial charge in [0.15, 0.2) is 5.43 Å². The van der Waals surface area contributed by atoms with Gasteiger partial charge in [-0.15, -0.1) is 0 Å². The highest BCUT2D eigenvalue weighted by atomic mass is 16.5. The van der Waals surface area contributed by atoms with E-state index in [-0.39, 0.29) is 17.0 Å². The molecule has 0 saturated heterocycles. The van der Waals surface area contributed by atoms with Crippen LogP contribution in [0.25, 0.3) is 22.6 Å². The predicted octanol–water partition coefficient (Wildman–Crippen LogP) is 3.61. The van der Waals surface area contributed by atoms with E-state index in [1.165, 1.54) is 17.8 Å². The van der Waals surface area contributed by atoms with E-state index in [9.17, 15) is 14.7 Å². The van der Waals surface area contributed by atoms with Gasteiger partial charge in [-0.3, -0.25) is 9.48 Å². The van der Waals surface area contributed by atoms with Crippen LogP contribution in [-0.4, -0.2) is 32.0 Å². The molecule has 0 radical (unpaired) electrons. The van der Waals surface area contributed by atoms with E-state index >= 15 is 0 Å². The first-order chi connectivity index (χ1) is 14.2. The number of carboxylic acids is 1. The number of rotatable bonds is 2. The molecule has 7 heteroatoms. The van der Waals surface area contributed by atoms with Gasteiger partial charge in [-0.1, -0.05) is 32.9 Å². The molecule has 30 heavy (non-hydrogen) atoms. The Hall–Kier alpha value is -3.35. The maximum Gasteiger partial charge on any atom is 0.341 e. The molecule has 0 bridgehead atoms. The molecule has 2 aliphatic rings. The zero-order valence-corrected chi connectivity index (χ0v) is 17.2. The molecule has 1 N–H and O–H groups in total. The van der Waals surface area contributed by atoms with Gasteiger partial charge in [-0.25, -0.2) is 4.79 Å². The first-order valence-electron chi connectivity index (χ1n) is 10.1. The van der Waals surface area contributed by atoms with Gasteiger partial charge in [0.1, 0.15) is 11.3 Å². The summed E-state index contributed by atoms with van der Waals surface area (Å²) >= 11 is 0. The van der Waals surface area contributed by atoms with Gasteiger partial charge in [0.05, 0.1) is 36.3 Å². The highest BCUT2D eigenvalue weighted by Gasteiger charge is 2.35. The van der Waals surface area contributed by atoms with Gasteiger partial charge in [-0.2, -0.15) is 5.10 Å². The van der Waals surface area contributed by atoms with Crippen molar-refractivity contribution in [2.24, 2.45) is 5.41 Å². The average molecular weight is 405 g/mol. The summed E-state index contributed by atoms with van der Waals surface area (Å²) in [5.41, 5.74) is 3.51. The third kappa shape index (κ3) is 2.76. The summed E-state index contributed by atoms with van der Waals surface area (Å²) < 4.78 is 9.71. The number of hydrogen-bond donors (Lipinski definition) is 1. The quantitative estimate of drug-likeness (QED) is 0.704. The van der Waals surface area contributed by atoms with Crippen molar-refractivity contribution in [3.8, 4) is 28.4 Å². The number of carboxylic acid groups (broad SMARTS) is 1. The van der Waals surface area contributed by atoms with Crippen molar-refractivity contribution in [3.63, 3.8) is 0 Å². The lowest BCUT2D eigenvalue weighted by molar-refractivity contribution is 0.0693. The smallest absolute Gasteiger partial charge is 0.341 e. The maximum atomic E-state index is 12.5. The van der Waals surface area contributed by atoms with E-state index in [0.29, 0.717) is 18.8 Å². The van der Waals surface area contributed by atoms with E-state index in [2.05, 4.69) is 26.8 Å². The monoisotopic (exact) mass is 405 g/mol. The fourth-order valence-electron chi connectivity index (χ4n) is 4.43. The molecular formula is C23H23N3O4. The lowest BCUT2D eigenvalue weighted by Gasteiger charge is -2.38. The van der Waals surface area contributed by atoms with Crippen LogP contribution in [0.5, 0.6) is 5.75 Å². The summed E-state index contributed by atoms with van der Waals surface area (Å²) in [5, 5.41) is 14.3. The van der Waals surface area contributed by atoms with Crippen LogP contribution in [-0.2, 0) is 13.0 Å². The van der Waals surface area contributed by atoms with Crippen molar-refractivity contribution < 1.29 is 14.6 Å². The van der Waals surface area contributed by atoms with Crippen molar-refractivity contribution in [1.29, 1.82) is 0 Å². The number of benzene rings is 1. The molecule has 7 nitrogen and oxygen atoms in total. The minimum Gasteiger partial charge on any atom is -0.492 e. The van der Waals surface area contributed by atoms with E-state index < -0.39 is 11.4 Å². The maximum absolute atomic E-state index is 12.5. The van der Waals surface area contributed by atoms with Gasteiger partial charge >= 0.3 is 5.97 Å². The van der Waals surface area contributed by atoms with Crippen LogP contribution >= 0.6 is 0 Å². The second kappa shape index (κ2) is 6.32. The second-order valence-electron chi connectivity index (χ2n) is 9.02. The van der Waals surface area contributed by atoms with Crippen LogP contribution in [0.1, 0.15) is 42.7 Å². The topological polar surface area (TPSA) is 86.3 Å². The summed E-state index contributed by atoms with van der Waals surface area (Å²) in [7, 11) is 0. The number of fused-ring (bicyclic) bond motifs is 4. The van der Waals surface area contributed by atoms with Crippen LogP contribution in [0, 0.1) is 5.41 Å². The van der Waals surface area contributed by atoms with Gasteiger partial charge in [0, 0.05) is 24.2 Å². The Bertz CT molecular complexity index is 1250. The summed E-state index contributed by atoms with van der Waals surface area (Å²) in [4.78, 5) is 24.0. The van der Waals surface area contributed by atoms with Crippen molar-refractivity contribution >= 4 is 5.97 Å². The Morgan fingerprint density at radius 3 is 2.77 bits per heavy atom. The summed E-state index contributed by atoms with van der Waals surface area (Å²) in [6, 6.07) is 9.41. The number of hydrogen-bond acceptors (Lipinski definition) is 4. The molecular weight excluding hydrogens is 382 g/mol. The predicted molar refractivity (Wildman–Crippen MR) is 112 cm³/mol. The van der Waals surface area contributed by atoms with Crippen LogP contribution in [0.4, 0.5) is 0 Å². The molecule has 3 aromatic rings. The van der Waals surface area contributed by atoms with Gasteiger partial charge in [-0.05, 0) is 23.1 Å². The van der Waals surface area contributed by atoms with Crippen LogP contribution in [0.15, 0.2) is 41.3 Å². The second-order valence-corrected chi connectivity index (χ2v) is 9.02. The van der Waals surface area contributed by atoms with E-state index in [1.807, 2.05) is 27.4 Å². The van der Waals surface area contributed by atoms with Crippen molar-refractivity contribution in [1.82, 2.24) is 14.3 Å². The van der Waals surface area contributed by atoms with E-state index in [1.54, 1.807) is 0 Å². The molecule has 1 atom stereocenters. The molecule has 2 aliphatic heterocycles. The molecule has 1 aromatic carbocycles. The van der Waals surface area contributed by atoms with Crippen molar-refractivity contribution in [2.75, 3.05) is 6.61 Å². The van der Waals surface area contributed by atoms with Crippen LogP contribution in [0.2, 0.25) is 0 Å². The standard InChI is InChI=1S/C23H23N3O4/c1-23(2,3)20-12-26-18(17-10-19(27)15(22(28)29)11-25(17)20)9-16(24-26)14-6-4-5-13-7-8-30-21(13)14/h4-6,9-11,20H,7-8,12H2,1-3H3,(H,28,29)/t20-/m0/s1. The number of ether oxygens (including phenoxy) is 1. The van der Waals surface area contributed by atoms with Gasteiger partial charge < -0.3 is 14.4 Å². The lowest BCUT2D eigenvalue weighted by atomic mass is 9.85. The third-order valence-electron chi connectivity index (χ3n) is 6.02. The Kier molecular flexibility index (Phi) is 3.93. The van der Waals surface area contributed by atoms with E-state index in [0.717, 1.165) is 29.1 Å². The highest BCUT2D eigenvalue weighted by Crippen LogP contribution is 2.42. The minimum atomic E-state index is -1.21. The number of carbonyl (C=O) groups is 1. The zero-order valence-electron chi connectivity index (χ0n) is 17.2. The Labute approximate surface area is 173 Å². The average Bonchev–Trinajstić information content (AvgIpc) is 3.32. The number of nitrogens with zero attached hydrogens (tertiary/aromatic N) is 3. The molecule has 0 aliphatic carbocycles. The number of aromatic nitrogens is 3. The Morgan fingerprint density at radius 2 is 2.03 bits per heavy atom.